The molecule has 3 nitrogen and oxygen atoms in total. The summed E-state index contributed by atoms with van der Waals surface area (Å²) in [5.41, 5.74) is 8.20. The maximum Gasteiger partial charge on any atom is 0.239 e. The minimum atomic E-state index is -0.384. The van der Waals surface area contributed by atoms with Gasteiger partial charge in [-0.3, -0.25) is 4.79 Å². The molecule has 0 aliphatic carbocycles. The Balaban J connectivity index is 2.64. The van der Waals surface area contributed by atoms with Crippen molar-refractivity contribution < 1.29 is 4.79 Å². The van der Waals surface area contributed by atoms with E-state index in [1.807, 2.05) is 6.92 Å². The first-order valence-electron chi connectivity index (χ1n) is 6.55. The summed E-state index contributed by atoms with van der Waals surface area (Å²) in [5.74, 6) is 0.539. The SMILES string of the molecule is CCC(N)C(=O)N(C)Cc1ccc(C(C)C)cc1. The molecule has 0 radical (unpaired) electrons. The van der Waals surface area contributed by atoms with E-state index in [-0.39, 0.29) is 11.9 Å². The summed E-state index contributed by atoms with van der Waals surface area (Å²) in [6.45, 7) is 6.88. The fourth-order valence-electron chi connectivity index (χ4n) is 1.82. The summed E-state index contributed by atoms with van der Waals surface area (Å²) >= 11 is 0. The highest BCUT2D eigenvalue weighted by molar-refractivity contribution is 5.81. The first kappa shape index (κ1) is 14.7. The molecule has 0 fully saturated rings. The number of rotatable bonds is 5. The Morgan fingerprint density at radius 3 is 2.28 bits per heavy atom. The topological polar surface area (TPSA) is 46.3 Å². The molecule has 3 heteroatoms. The minimum absolute atomic E-state index is 0.00503. The number of amides is 1. The summed E-state index contributed by atoms with van der Waals surface area (Å²) in [6, 6.07) is 8.02. The Morgan fingerprint density at radius 1 is 1.28 bits per heavy atom. The van der Waals surface area contributed by atoms with Gasteiger partial charge in [-0.25, -0.2) is 0 Å². The number of nitrogens with two attached hydrogens (primary N) is 1. The summed E-state index contributed by atoms with van der Waals surface area (Å²) in [7, 11) is 1.80. The van der Waals surface area contributed by atoms with Crippen molar-refractivity contribution >= 4 is 5.91 Å². The summed E-state index contributed by atoms with van der Waals surface area (Å²) in [5, 5.41) is 0. The summed E-state index contributed by atoms with van der Waals surface area (Å²) in [6.07, 6.45) is 0.676. The number of hydrogen-bond acceptors (Lipinski definition) is 2. The first-order valence-corrected chi connectivity index (χ1v) is 6.55. The maximum absolute atomic E-state index is 11.9. The zero-order valence-corrected chi connectivity index (χ0v) is 11.8. The molecule has 1 amide bonds. The molecule has 0 heterocycles. The van der Waals surface area contributed by atoms with Crippen LogP contribution in [0.25, 0.3) is 0 Å². The van der Waals surface area contributed by atoms with Crippen LogP contribution in [0.3, 0.4) is 0 Å². The lowest BCUT2D eigenvalue weighted by Gasteiger charge is -2.20. The lowest BCUT2D eigenvalue weighted by molar-refractivity contribution is -0.131. The maximum atomic E-state index is 11.9. The van der Waals surface area contributed by atoms with E-state index in [1.54, 1.807) is 11.9 Å². The van der Waals surface area contributed by atoms with E-state index in [2.05, 4.69) is 38.1 Å². The van der Waals surface area contributed by atoms with Gasteiger partial charge in [-0.2, -0.15) is 0 Å². The second kappa shape index (κ2) is 6.55. The largest absolute Gasteiger partial charge is 0.340 e. The van der Waals surface area contributed by atoms with Crippen molar-refractivity contribution in [2.75, 3.05) is 7.05 Å². The standard InChI is InChI=1S/C15H24N2O/c1-5-14(16)15(18)17(4)10-12-6-8-13(9-7-12)11(2)3/h6-9,11,14H,5,10,16H2,1-4H3. The van der Waals surface area contributed by atoms with Crippen LogP contribution in [0.5, 0.6) is 0 Å². The molecule has 0 aliphatic rings. The molecular formula is C15H24N2O. The van der Waals surface area contributed by atoms with Crippen LogP contribution in [0.4, 0.5) is 0 Å². The Hall–Kier alpha value is -1.35. The van der Waals surface area contributed by atoms with E-state index >= 15 is 0 Å². The number of hydrogen-bond donors (Lipinski definition) is 1. The summed E-state index contributed by atoms with van der Waals surface area (Å²) < 4.78 is 0. The minimum Gasteiger partial charge on any atom is -0.340 e. The van der Waals surface area contributed by atoms with Crippen molar-refractivity contribution in [1.29, 1.82) is 0 Å². The van der Waals surface area contributed by atoms with E-state index < -0.39 is 0 Å². The molecule has 1 aromatic carbocycles. The molecule has 0 aliphatic heterocycles. The van der Waals surface area contributed by atoms with Crippen LogP contribution in [0.15, 0.2) is 24.3 Å². The van der Waals surface area contributed by atoms with Gasteiger partial charge < -0.3 is 10.6 Å². The Bertz CT molecular complexity index is 384. The zero-order chi connectivity index (χ0) is 13.7. The number of carbonyl (C=O) groups excluding carboxylic acids is 1. The second-order valence-electron chi connectivity index (χ2n) is 5.11. The highest BCUT2D eigenvalue weighted by Gasteiger charge is 2.16. The quantitative estimate of drug-likeness (QED) is 0.870. The third-order valence-electron chi connectivity index (χ3n) is 3.20. The highest BCUT2D eigenvalue weighted by Crippen LogP contribution is 2.15. The Kier molecular flexibility index (Phi) is 5.35. The van der Waals surface area contributed by atoms with Gasteiger partial charge >= 0.3 is 0 Å². The van der Waals surface area contributed by atoms with Gasteiger partial charge in [0.2, 0.25) is 5.91 Å². The van der Waals surface area contributed by atoms with Crippen LogP contribution in [0.2, 0.25) is 0 Å². The van der Waals surface area contributed by atoms with Gasteiger partial charge in [-0.15, -0.1) is 0 Å². The zero-order valence-electron chi connectivity index (χ0n) is 11.8. The molecule has 18 heavy (non-hydrogen) atoms. The lowest BCUT2D eigenvalue weighted by Crippen LogP contribution is -2.40. The van der Waals surface area contributed by atoms with Crippen LogP contribution in [-0.4, -0.2) is 23.9 Å². The molecule has 1 rings (SSSR count). The molecular weight excluding hydrogens is 224 g/mol. The van der Waals surface area contributed by atoms with Crippen molar-refractivity contribution in [3.63, 3.8) is 0 Å². The van der Waals surface area contributed by atoms with Crippen molar-refractivity contribution in [3.8, 4) is 0 Å². The molecule has 0 bridgehead atoms. The predicted octanol–water partition coefficient (Wildman–Crippen LogP) is 2.51. The van der Waals surface area contributed by atoms with Crippen LogP contribution in [0.1, 0.15) is 44.2 Å². The first-order chi connectivity index (χ1) is 8.45. The van der Waals surface area contributed by atoms with Gasteiger partial charge in [0, 0.05) is 13.6 Å². The molecule has 0 saturated heterocycles. The van der Waals surface area contributed by atoms with E-state index in [4.69, 9.17) is 5.73 Å². The van der Waals surface area contributed by atoms with Crippen LogP contribution in [-0.2, 0) is 11.3 Å². The van der Waals surface area contributed by atoms with Crippen molar-refractivity contribution in [1.82, 2.24) is 4.90 Å². The Labute approximate surface area is 110 Å². The molecule has 0 aromatic heterocycles. The smallest absolute Gasteiger partial charge is 0.239 e. The van der Waals surface area contributed by atoms with Crippen LogP contribution >= 0.6 is 0 Å². The normalized spacial score (nSPS) is 12.6. The van der Waals surface area contributed by atoms with E-state index in [1.165, 1.54) is 5.56 Å². The monoisotopic (exact) mass is 248 g/mol. The summed E-state index contributed by atoms with van der Waals surface area (Å²) in [4.78, 5) is 13.5. The third kappa shape index (κ3) is 3.84. The van der Waals surface area contributed by atoms with Gasteiger partial charge in [-0.1, -0.05) is 45.0 Å². The van der Waals surface area contributed by atoms with E-state index in [0.717, 1.165) is 5.56 Å². The molecule has 2 N–H and O–H groups in total. The third-order valence-corrected chi connectivity index (χ3v) is 3.20. The van der Waals surface area contributed by atoms with Gasteiger partial charge in [0.25, 0.3) is 0 Å². The molecule has 1 atom stereocenters. The lowest BCUT2D eigenvalue weighted by atomic mass is 10.0. The average molecular weight is 248 g/mol. The van der Waals surface area contributed by atoms with Gasteiger partial charge in [-0.05, 0) is 23.5 Å². The van der Waals surface area contributed by atoms with Gasteiger partial charge in [0.1, 0.15) is 0 Å². The van der Waals surface area contributed by atoms with E-state index in [0.29, 0.717) is 18.9 Å². The molecule has 0 spiro atoms. The van der Waals surface area contributed by atoms with Gasteiger partial charge in [0.05, 0.1) is 6.04 Å². The van der Waals surface area contributed by atoms with Crippen molar-refractivity contribution in [2.45, 2.75) is 45.7 Å². The van der Waals surface area contributed by atoms with Crippen molar-refractivity contribution in [2.24, 2.45) is 5.73 Å². The van der Waals surface area contributed by atoms with E-state index in [9.17, 15) is 4.79 Å². The molecule has 0 saturated carbocycles. The molecule has 1 aromatic rings. The number of carbonyl (C=O) groups is 1. The molecule has 1 unspecified atom stereocenters. The number of likely N-dealkylation sites (N-methyl/N-ethyl adjacent to an activating group) is 1. The molecule has 100 valence electrons. The van der Waals surface area contributed by atoms with Crippen LogP contribution < -0.4 is 5.73 Å². The highest BCUT2D eigenvalue weighted by atomic mass is 16.2. The second-order valence-corrected chi connectivity index (χ2v) is 5.11. The number of nitrogens with zero attached hydrogens (tertiary/aromatic N) is 1. The number of benzene rings is 1. The fourth-order valence-corrected chi connectivity index (χ4v) is 1.82. The van der Waals surface area contributed by atoms with Gasteiger partial charge in [0.15, 0.2) is 0 Å². The van der Waals surface area contributed by atoms with Crippen LogP contribution in [0, 0.1) is 0 Å². The Morgan fingerprint density at radius 2 is 1.83 bits per heavy atom. The fraction of sp³-hybridized carbons (Fsp3) is 0.533. The predicted molar refractivity (Wildman–Crippen MR) is 75.3 cm³/mol. The average Bonchev–Trinajstić information content (AvgIpc) is 2.37. The van der Waals surface area contributed by atoms with Crippen molar-refractivity contribution in [3.05, 3.63) is 35.4 Å².